The fourth-order valence-corrected chi connectivity index (χ4v) is 3.64. The monoisotopic (exact) mass is 439 g/mol. The molecule has 2 N–H and O–H groups in total. The molecule has 0 bridgehead atoms. The Morgan fingerprint density at radius 1 is 1.06 bits per heavy atom. The lowest BCUT2D eigenvalue weighted by Crippen LogP contribution is -2.35. The van der Waals surface area contributed by atoms with E-state index in [1.54, 1.807) is 55.6 Å². The Balaban J connectivity index is 1.35. The maximum Gasteiger partial charge on any atom is 0.262 e. The zero-order valence-electron chi connectivity index (χ0n) is 18.9. The van der Waals surface area contributed by atoms with Crippen LogP contribution in [0.2, 0.25) is 0 Å². The molecule has 32 heavy (non-hydrogen) atoms. The molecule has 1 saturated heterocycles. The van der Waals surface area contributed by atoms with Crippen LogP contribution in [-0.2, 0) is 4.79 Å². The number of amides is 2. The summed E-state index contributed by atoms with van der Waals surface area (Å²) in [5, 5.41) is 5.73. The van der Waals surface area contributed by atoms with Gasteiger partial charge in [-0.2, -0.15) is 0 Å². The molecule has 0 unspecified atom stereocenters. The number of piperidine rings is 1. The maximum atomic E-state index is 12.3. The van der Waals surface area contributed by atoms with Crippen molar-refractivity contribution < 1.29 is 19.1 Å². The number of hydrogen-bond donors (Lipinski definition) is 2. The van der Waals surface area contributed by atoms with Gasteiger partial charge in [-0.05, 0) is 81.2 Å². The van der Waals surface area contributed by atoms with Gasteiger partial charge in [-0.15, -0.1) is 0 Å². The molecule has 7 heteroatoms. The first-order chi connectivity index (χ1) is 15.5. The summed E-state index contributed by atoms with van der Waals surface area (Å²) in [5.41, 5.74) is 1.21. The number of carbonyl (C=O) groups excluding carboxylic acids is 2. The summed E-state index contributed by atoms with van der Waals surface area (Å²) in [6, 6.07) is 13.9. The Bertz CT molecular complexity index is 877. The standard InChI is InChI=1S/C25H33N3O4/c1-19-11-15-28(16-12-19)14-4-13-26-25(30)20-7-9-22(10-8-20)32-18-24(29)27-21-5-3-6-23(17-21)31-2/h3,5-10,17,19H,4,11-16,18H2,1-2H3,(H,26,30)(H,27,29). The highest BCUT2D eigenvalue weighted by molar-refractivity contribution is 5.94. The second-order valence-electron chi connectivity index (χ2n) is 8.23. The topological polar surface area (TPSA) is 79.9 Å². The molecule has 3 rings (SSSR count). The van der Waals surface area contributed by atoms with Crippen molar-refractivity contribution >= 4 is 17.5 Å². The molecule has 0 saturated carbocycles. The second-order valence-corrected chi connectivity index (χ2v) is 8.23. The number of ether oxygens (including phenoxy) is 2. The molecule has 0 spiro atoms. The first-order valence-electron chi connectivity index (χ1n) is 11.2. The molecule has 1 aliphatic rings. The van der Waals surface area contributed by atoms with Crippen LogP contribution in [0.1, 0.15) is 36.5 Å². The van der Waals surface area contributed by atoms with Gasteiger partial charge in [-0.25, -0.2) is 0 Å². The van der Waals surface area contributed by atoms with Crippen molar-refractivity contribution in [3.63, 3.8) is 0 Å². The van der Waals surface area contributed by atoms with Gasteiger partial charge in [0.15, 0.2) is 6.61 Å². The number of nitrogens with one attached hydrogen (secondary N) is 2. The molecular weight excluding hydrogens is 406 g/mol. The van der Waals surface area contributed by atoms with Gasteiger partial charge in [0.05, 0.1) is 7.11 Å². The maximum absolute atomic E-state index is 12.3. The fourth-order valence-electron chi connectivity index (χ4n) is 3.64. The van der Waals surface area contributed by atoms with Crippen molar-refractivity contribution in [1.29, 1.82) is 0 Å². The molecule has 1 aliphatic heterocycles. The third kappa shape index (κ3) is 7.57. The van der Waals surface area contributed by atoms with Gasteiger partial charge in [-0.3, -0.25) is 9.59 Å². The summed E-state index contributed by atoms with van der Waals surface area (Å²) in [6.45, 7) is 6.19. The number of nitrogens with zero attached hydrogens (tertiary/aromatic N) is 1. The molecular formula is C25H33N3O4. The number of anilines is 1. The van der Waals surface area contributed by atoms with E-state index in [1.807, 2.05) is 0 Å². The molecule has 172 valence electrons. The van der Waals surface area contributed by atoms with Crippen LogP contribution in [0.4, 0.5) is 5.69 Å². The summed E-state index contributed by atoms with van der Waals surface area (Å²) >= 11 is 0. The van der Waals surface area contributed by atoms with Gasteiger partial charge in [-0.1, -0.05) is 13.0 Å². The average molecular weight is 440 g/mol. The Hall–Kier alpha value is -3.06. The van der Waals surface area contributed by atoms with Crippen LogP contribution in [0.15, 0.2) is 48.5 Å². The molecule has 0 atom stereocenters. The average Bonchev–Trinajstić information content (AvgIpc) is 2.82. The predicted octanol–water partition coefficient (Wildman–Crippen LogP) is 3.56. The van der Waals surface area contributed by atoms with Crippen LogP contribution in [-0.4, -0.2) is 56.6 Å². The van der Waals surface area contributed by atoms with Crippen LogP contribution >= 0.6 is 0 Å². The third-order valence-corrected chi connectivity index (χ3v) is 5.65. The van der Waals surface area contributed by atoms with Crippen LogP contribution in [0.5, 0.6) is 11.5 Å². The molecule has 2 amide bonds. The molecule has 1 fully saturated rings. The first kappa shape index (κ1) is 23.6. The van der Waals surface area contributed by atoms with E-state index in [0.29, 0.717) is 29.3 Å². The minimum Gasteiger partial charge on any atom is -0.497 e. The highest BCUT2D eigenvalue weighted by atomic mass is 16.5. The van der Waals surface area contributed by atoms with Crippen LogP contribution in [0.3, 0.4) is 0 Å². The summed E-state index contributed by atoms with van der Waals surface area (Å²) < 4.78 is 10.7. The molecule has 1 heterocycles. The lowest BCUT2D eigenvalue weighted by molar-refractivity contribution is -0.118. The normalized spacial score (nSPS) is 14.6. The Morgan fingerprint density at radius 2 is 1.81 bits per heavy atom. The summed E-state index contributed by atoms with van der Waals surface area (Å²) in [4.78, 5) is 26.9. The van der Waals surface area contributed by atoms with E-state index in [2.05, 4.69) is 22.5 Å². The van der Waals surface area contributed by atoms with Crippen molar-refractivity contribution in [3.05, 3.63) is 54.1 Å². The SMILES string of the molecule is COc1cccc(NC(=O)COc2ccc(C(=O)NCCCN3CCC(C)CC3)cc2)c1. The number of methoxy groups -OCH3 is 1. The van der Waals surface area contributed by atoms with E-state index in [9.17, 15) is 9.59 Å². The predicted molar refractivity (Wildman–Crippen MR) is 125 cm³/mol. The number of likely N-dealkylation sites (tertiary alicyclic amines) is 1. The zero-order valence-corrected chi connectivity index (χ0v) is 18.9. The van der Waals surface area contributed by atoms with Crippen LogP contribution in [0, 0.1) is 5.92 Å². The van der Waals surface area contributed by atoms with Crippen molar-refractivity contribution in [3.8, 4) is 11.5 Å². The fraction of sp³-hybridized carbons (Fsp3) is 0.440. The first-order valence-corrected chi connectivity index (χ1v) is 11.2. The lowest BCUT2D eigenvalue weighted by Gasteiger charge is -2.30. The number of hydrogen-bond acceptors (Lipinski definition) is 5. The molecule has 2 aromatic carbocycles. The van der Waals surface area contributed by atoms with E-state index in [0.717, 1.165) is 32.0 Å². The molecule has 0 radical (unpaired) electrons. The molecule has 2 aromatic rings. The van der Waals surface area contributed by atoms with Gasteiger partial charge in [0.1, 0.15) is 11.5 Å². The Labute approximate surface area is 190 Å². The van der Waals surface area contributed by atoms with Crippen molar-refractivity contribution in [1.82, 2.24) is 10.2 Å². The second kappa shape index (κ2) is 12.1. The highest BCUT2D eigenvalue weighted by Crippen LogP contribution is 2.17. The van der Waals surface area contributed by atoms with Crippen molar-refractivity contribution in [2.24, 2.45) is 5.92 Å². The molecule has 0 aromatic heterocycles. The van der Waals surface area contributed by atoms with Gasteiger partial charge in [0.2, 0.25) is 0 Å². The Morgan fingerprint density at radius 3 is 2.53 bits per heavy atom. The molecule has 7 nitrogen and oxygen atoms in total. The zero-order chi connectivity index (χ0) is 22.8. The van der Waals surface area contributed by atoms with E-state index < -0.39 is 0 Å². The number of rotatable bonds is 10. The number of carbonyl (C=O) groups is 2. The van der Waals surface area contributed by atoms with Gasteiger partial charge in [0, 0.05) is 23.9 Å². The van der Waals surface area contributed by atoms with Crippen molar-refractivity contribution in [2.45, 2.75) is 26.2 Å². The van der Waals surface area contributed by atoms with E-state index in [-0.39, 0.29) is 18.4 Å². The van der Waals surface area contributed by atoms with Crippen LogP contribution < -0.4 is 20.1 Å². The van der Waals surface area contributed by atoms with E-state index in [4.69, 9.17) is 9.47 Å². The molecule has 0 aliphatic carbocycles. The van der Waals surface area contributed by atoms with Crippen molar-refractivity contribution in [2.75, 3.05) is 45.2 Å². The third-order valence-electron chi connectivity index (χ3n) is 5.65. The van der Waals surface area contributed by atoms with E-state index >= 15 is 0 Å². The Kier molecular flexibility index (Phi) is 8.92. The largest absolute Gasteiger partial charge is 0.497 e. The summed E-state index contributed by atoms with van der Waals surface area (Å²) in [7, 11) is 1.57. The highest BCUT2D eigenvalue weighted by Gasteiger charge is 2.15. The minimum absolute atomic E-state index is 0.0976. The van der Waals surface area contributed by atoms with E-state index in [1.165, 1.54) is 12.8 Å². The van der Waals surface area contributed by atoms with Gasteiger partial charge in [0.25, 0.3) is 11.8 Å². The lowest BCUT2D eigenvalue weighted by atomic mass is 9.99. The van der Waals surface area contributed by atoms with Gasteiger partial charge >= 0.3 is 0 Å². The minimum atomic E-state index is -0.275. The quantitative estimate of drug-likeness (QED) is 0.554. The van der Waals surface area contributed by atoms with Gasteiger partial charge < -0.3 is 25.0 Å². The smallest absolute Gasteiger partial charge is 0.262 e. The summed E-state index contributed by atoms with van der Waals surface area (Å²) in [5.74, 6) is 1.66. The van der Waals surface area contributed by atoms with Crippen LogP contribution in [0.25, 0.3) is 0 Å². The summed E-state index contributed by atoms with van der Waals surface area (Å²) in [6.07, 6.45) is 3.48. The number of benzene rings is 2.